The molecule has 1 aliphatic rings. The Morgan fingerprint density at radius 1 is 1.00 bits per heavy atom. The molecule has 86 valence electrons. The van der Waals surface area contributed by atoms with Crippen molar-refractivity contribution in [3.05, 3.63) is 51.5 Å². The molecule has 0 N–H and O–H groups in total. The van der Waals surface area contributed by atoms with Crippen LogP contribution in [-0.4, -0.2) is 7.11 Å². The van der Waals surface area contributed by atoms with Gasteiger partial charge in [0.05, 0.1) is 12.1 Å². The van der Waals surface area contributed by atoms with Crippen molar-refractivity contribution in [3.8, 4) is 16.9 Å². The highest BCUT2D eigenvalue weighted by molar-refractivity contribution is 6.34. The number of ether oxygens (including phenoxy) is 1. The predicted molar refractivity (Wildman–Crippen MR) is 71.3 cm³/mol. The lowest BCUT2D eigenvalue weighted by Crippen LogP contribution is -1.89. The first kappa shape index (κ1) is 10.9. The molecule has 0 aromatic heterocycles. The number of hydrogen-bond donors (Lipinski definition) is 0. The van der Waals surface area contributed by atoms with E-state index in [4.69, 9.17) is 27.9 Å². The summed E-state index contributed by atoms with van der Waals surface area (Å²) in [7, 11) is 1.63. The molecule has 3 heteroatoms. The average molecular weight is 265 g/mol. The van der Waals surface area contributed by atoms with Crippen LogP contribution in [0.25, 0.3) is 11.1 Å². The fourth-order valence-corrected chi connectivity index (χ4v) is 2.90. The third kappa shape index (κ3) is 1.54. The van der Waals surface area contributed by atoms with Crippen LogP contribution in [0.3, 0.4) is 0 Å². The van der Waals surface area contributed by atoms with Crippen LogP contribution in [0.1, 0.15) is 11.1 Å². The minimum absolute atomic E-state index is 0.692. The molecule has 0 saturated carbocycles. The summed E-state index contributed by atoms with van der Waals surface area (Å²) in [5.41, 5.74) is 4.60. The van der Waals surface area contributed by atoms with E-state index >= 15 is 0 Å². The van der Waals surface area contributed by atoms with Crippen molar-refractivity contribution in [2.75, 3.05) is 7.11 Å². The second kappa shape index (κ2) is 3.94. The highest BCUT2D eigenvalue weighted by Gasteiger charge is 2.24. The van der Waals surface area contributed by atoms with Crippen molar-refractivity contribution in [2.24, 2.45) is 0 Å². The zero-order chi connectivity index (χ0) is 12.0. The van der Waals surface area contributed by atoms with Gasteiger partial charge in [0.2, 0.25) is 0 Å². The fraction of sp³-hybridized carbons (Fsp3) is 0.143. The average Bonchev–Trinajstić information content (AvgIpc) is 2.71. The number of halogens is 2. The predicted octanol–water partition coefficient (Wildman–Crippen LogP) is 4.57. The highest BCUT2D eigenvalue weighted by atomic mass is 35.5. The molecule has 0 amide bonds. The zero-order valence-corrected chi connectivity index (χ0v) is 10.8. The molecule has 2 aromatic carbocycles. The second-order valence-electron chi connectivity index (χ2n) is 4.05. The van der Waals surface area contributed by atoms with E-state index in [2.05, 4.69) is 6.07 Å². The Labute approximate surface area is 110 Å². The van der Waals surface area contributed by atoms with Crippen molar-refractivity contribution in [2.45, 2.75) is 6.42 Å². The SMILES string of the molecule is COc1ccc2c(c1Cl)Cc1c(Cl)cccc1-2. The standard InChI is InChI=1S/C14H10Cl2O/c1-17-13-6-5-9-8-3-2-4-12(15)10(8)7-11(9)14(13)16/h2-6H,7H2,1H3. The van der Waals surface area contributed by atoms with Gasteiger partial charge in [0.25, 0.3) is 0 Å². The molecular weight excluding hydrogens is 255 g/mol. The second-order valence-corrected chi connectivity index (χ2v) is 4.84. The van der Waals surface area contributed by atoms with Gasteiger partial charge in [0, 0.05) is 11.4 Å². The van der Waals surface area contributed by atoms with Gasteiger partial charge in [-0.2, -0.15) is 0 Å². The van der Waals surface area contributed by atoms with Crippen molar-refractivity contribution >= 4 is 23.2 Å². The lowest BCUT2D eigenvalue weighted by Gasteiger charge is -2.07. The molecule has 0 unspecified atom stereocenters. The number of rotatable bonds is 1. The van der Waals surface area contributed by atoms with Gasteiger partial charge < -0.3 is 4.74 Å². The summed E-state index contributed by atoms with van der Waals surface area (Å²) < 4.78 is 5.23. The maximum atomic E-state index is 6.33. The van der Waals surface area contributed by atoms with Gasteiger partial charge in [-0.3, -0.25) is 0 Å². The van der Waals surface area contributed by atoms with Gasteiger partial charge in [-0.15, -0.1) is 0 Å². The summed E-state index contributed by atoms with van der Waals surface area (Å²) in [5, 5.41) is 1.49. The number of benzene rings is 2. The first-order valence-electron chi connectivity index (χ1n) is 5.35. The van der Waals surface area contributed by atoms with Crippen molar-refractivity contribution in [1.82, 2.24) is 0 Å². The summed E-state index contributed by atoms with van der Waals surface area (Å²) >= 11 is 12.5. The first-order chi connectivity index (χ1) is 8.22. The Hall–Kier alpha value is -1.18. The molecule has 0 saturated heterocycles. The minimum Gasteiger partial charge on any atom is -0.495 e. The molecule has 0 fully saturated rings. The van der Waals surface area contributed by atoms with Gasteiger partial charge in [0.15, 0.2) is 0 Å². The van der Waals surface area contributed by atoms with Crippen LogP contribution in [0.15, 0.2) is 30.3 Å². The zero-order valence-electron chi connectivity index (χ0n) is 9.26. The number of fused-ring (bicyclic) bond motifs is 3. The molecule has 0 aliphatic heterocycles. The quantitative estimate of drug-likeness (QED) is 0.626. The van der Waals surface area contributed by atoms with Crippen LogP contribution in [0.4, 0.5) is 0 Å². The Morgan fingerprint density at radius 3 is 2.53 bits per heavy atom. The van der Waals surface area contributed by atoms with E-state index in [1.165, 1.54) is 5.56 Å². The molecular formula is C14H10Cl2O. The van der Waals surface area contributed by atoms with E-state index < -0.39 is 0 Å². The largest absolute Gasteiger partial charge is 0.495 e. The summed E-state index contributed by atoms with van der Waals surface area (Å²) in [6.45, 7) is 0. The van der Waals surface area contributed by atoms with E-state index in [1.54, 1.807) is 7.11 Å². The molecule has 3 rings (SSSR count). The molecule has 1 aliphatic carbocycles. The van der Waals surface area contributed by atoms with E-state index in [0.717, 1.165) is 28.1 Å². The maximum Gasteiger partial charge on any atom is 0.137 e. The van der Waals surface area contributed by atoms with Crippen LogP contribution in [0, 0.1) is 0 Å². The van der Waals surface area contributed by atoms with Gasteiger partial charge in [-0.05, 0) is 34.4 Å². The third-order valence-electron chi connectivity index (χ3n) is 3.19. The highest BCUT2D eigenvalue weighted by Crippen LogP contribution is 2.45. The molecule has 0 spiro atoms. The van der Waals surface area contributed by atoms with Gasteiger partial charge >= 0.3 is 0 Å². The lowest BCUT2D eigenvalue weighted by atomic mass is 10.1. The molecule has 0 heterocycles. The monoisotopic (exact) mass is 264 g/mol. The van der Waals surface area contributed by atoms with Crippen LogP contribution >= 0.6 is 23.2 Å². The smallest absolute Gasteiger partial charge is 0.137 e. The van der Waals surface area contributed by atoms with Crippen molar-refractivity contribution in [1.29, 1.82) is 0 Å². The summed E-state index contributed by atoms with van der Waals surface area (Å²) in [5.74, 6) is 0.717. The normalized spacial score (nSPS) is 12.2. The van der Waals surface area contributed by atoms with Crippen LogP contribution in [-0.2, 0) is 6.42 Å². The third-order valence-corrected chi connectivity index (χ3v) is 3.96. The summed E-state index contributed by atoms with van der Waals surface area (Å²) in [6.07, 6.45) is 0.778. The van der Waals surface area contributed by atoms with Gasteiger partial charge in [-0.25, -0.2) is 0 Å². The van der Waals surface area contributed by atoms with E-state index in [-0.39, 0.29) is 0 Å². The van der Waals surface area contributed by atoms with Crippen molar-refractivity contribution < 1.29 is 4.74 Å². The first-order valence-corrected chi connectivity index (χ1v) is 6.11. The molecule has 0 bridgehead atoms. The van der Waals surface area contributed by atoms with E-state index in [1.807, 2.05) is 24.3 Å². The van der Waals surface area contributed by atoms with E-state index in [9.17, 15) is 0 Å². The maximum absolute atomic E-state index is 6.33. The number of hydrogen-bond acceptors (Lipinski definition) is 1. The lowest BCUT2D eigenvalue weighted by molar-refractivity contribution is 0.414. The Kier molecular flexibility index (Phi) is 2.53. The molecule has 0 atom stereocenters. The van der Waals surface area contributed by atoms with Crippen LogP contribution < -0.4 is 4.74 Å². The van der Waals surface area contributed by atoms with Crippen LogP contribution in [0.5, 0.6) is 5.75 Å². The van der Waals surface area contributed by atoms with Crippen molar-refractivity contribution in [3.63, 3.8) is 0 Å². The topological polar surface area (TPSA) is 9.23 Å². The molecule has 17 heavy (non-hydrogen) atoms. The Bertz CT molecular complexity index is 605. The number of methoxy groups -OCH3 is 1. The molecule has 1 nitrogen and oxygen atoms in total. The summed E-state index contributed by atoms with van der Waals surface area (Å²) in [4.78, 5) is 0. The minimum atomic E-state index is 0.692. The van der Waals surface area contributed by atoms with Gasteiger partial charge in [-0.1, -0.05) is 41.4 Å². The van der Waals surface area contributed by atoms with E-state index in [0.29, 0.717) is 10.8 Å². The van der Waals surface area contributed by atoms with Crippen LogP contribution in [0.2, 0.25) is 10.0 Å². The summed E-state index contributed by atoms with van der Waals surface area (Å²) in [6, 6.07) is 9.90. The van der Waals surface area contributed by atoms with Gasteiger partial charge in [0.1, 0.15) is 5.75 Å². The molecule has 2 aromatic rings. The molecule has 0 radical (unpaired) electrons. The Balaban J connectivity index is 2.26. The Morgan fingerprint density at radius 2 is 1.76 bits per heavy atom. The fourth-order valence-electron chi connectivity index (χ4n) is 2.35.